The molecular weight excluding hydrogens is 348 g/mol. The van der Waals surface area contributed by atoms with Gasteiger partial charge in [-0.05, 0) is 35.9 Å². The lowest BCUT2D eigenvalue weighted by Crippen LogP contribution is -1.92. The van der Waals surface area contributed by atoms with Crippen molar-refractivity contribution < 1.29 is 14.2 Å². The first kappa shape index (κ1) is 16.2. The summed E-state index contributed by atoms with van der Waals surface area (Å²) in [4.78, 5) is 4.61. The zero-order valence-electron chi connectivity index (χ0n) is 13.9. The molecule has 0 saturated heterocycles. The topological polar surface area (TPSA) is 64.4 Å². The van der Waals surface area contributed by atoms with E-state index in [9.17, 15) is 5.26 Å². The molecule has 0 aliphatic carbocycles. The van der Waals surface area contributed by atoms with E-state index in [1.54, 1.807) is 13.2 Å². The van der Waals surface area contributed by atoms with Crippen molar-refractivity contribution in [1.82, 2.24) is 4.98 Å². The minimum Gasteiger partial charge on any atom is -0.497 e. The fourth-order valence-electron chi connectivity index (χ4n) is 2.62. The quantitative estimate of drug-likeness (QED) is 0.634. The molecule has 0 unspecified atom stereocenters. The third kappa shape index (κ3) is 3.13. The van der Waals surface area contributed by atoms with Crippen molar-refractivity contribution in [2.75, 3.05) is 13.9 Å². The van der Waals surface area contributed by atoms with E-state index in [0.717, 1.165) is 28.3 Å². The zero-order chi connectivity index (χ0) is 17.9. The van der Waals surface area contributed by atoms with E-state index in [4.69, 9.17) is 14.2 Å². The first-order chi connectivity index (χ1) is 12.8. The number of hydrogen-bond donors (Lipinski definition) is 0. The SMILES string of the molecule is COc1cccc(-c2csc(/C(C#N)=C/c3ccc4c(c3)OCO4)n2)c1. The van der Waals surface area contributed by atoms with E-state index < -0.39 is 0 Å². The van der Waals surface area contributed by atoms with Gasteiger partial charge in [0.05, 0.1) is 18.4 Å². The van der Waals surface area contributed by atoms with Crippen molar-refractivity contribution in [2.24, 2.45) is 0 Å². The van der Waals surface area contributed by atoms with Crippen LogP contribution in [0.5, 0.6) is 17.2 Å². The highest BCUT2D eigenvalue weighted by atomic mass is 32.1. The number of nitriles is 1. The van der Waals surface area contributed by atoms with Gasteiger partial charge in [0.2, 0.25) is 6.79 Å². The van der Waals surface area contributed by atoms with Crippen molar-refractivity contribution in [3.05, 3.63) is 58.4 Å². The molecule has 0 atom stereocenters. The molecule has 4 rings (SSSR count). The largest absolute Gasteiger partial charge is 0.497 e. The Labute approximate surface area is 154 Å². The summed E-state index contributed by atoms with van der Waals surface area (Å²) in [6.07, 6.45) is 1.80. The number of benzene rings is 2. The van der Waals surface area contributed by atoms with Crippen LogP contribution < -0.4 is 14.2 Å². The van der Waals surface area contributed by atoms with Gasteiger partial charge in [-0.15, -0.1) is 11.3 Å². The van der Waals surface area contributed by atoms with Gasteiger partial charge >= 0.3 is 0 Å². The van der Waals surface area contributed by atoms with Crippen LogP contribution in [-0.4, -0.2) is 18.9 Å². The first-order valence-corrected chi connectivity index (χ1v) is 8.76. The molecule has 0 amide bonds. The number of aromatic nitrogens is 1. The fourth-order valence-corrected chi connectivity index (χ4v) is 3.42. The lowest BCUT2D eigenvalue weighted by Gasteiger charge is -2.01. The van der Waals surface area contributed by atoms with Gasteiger partial charge in [0.1, 0.15) is 16.8 Å². The van der Waals surface area contributed by atoms with E-state index in [1.807, 2.05) is 47.8 Å². The predicted octanol–water partition coefficient (Wildman–Crippen LogP) is 4.61. The third-order valence-corrected chi connectivity index (χ3v) is 4.80. The Morgan fingerprint density at radius 3 is 2.96 bits per heavy atom. The molecule has 26 heavy (non-hydrogen) atoms. The average Bonchev–Trinajstić information content (AvgIpc) is 3.35. The molecule has 3 aromatic rings. The maximum Gasteiger partial charge on any atom is 0.231 e. The van der Waals surface area contributed by atoms with Crippen molar-refractivity contribution in [3.63, 3.8) is 0 Å². The zero-order valence-corrected chi connectivity index (χ0v) is 14.7. The number of rotatable bonds is 4. The van der Waals surface area contributed by atoms with Gasteiger partial charge in [-0.25, -0.2) is 4.98 Å². The van der Waals surface area contributed by atoms with Gasteiger partial charge < -0.3 is 14.2 Å². The minimum atomic E-state index is 0.226. The normalized spacial score (nSPS) is 12.7. The number of hydrogen-bond acceptors (Lipinski definition) is 6. The summed E-state index contributed by atoms with van der Waals surface area (Å²) in [5, 5.41) is 12.2. The fraction of sp³-hybridized carbons (Fsp3) is 0.100. The summed E-state index contributed by atoms with van der Waals surface area (Å²) in [6.45, 7) is 0.226. The number of allylic oxidation sites excluding steroid dienone is 1. The van der Waals surface area contributed by atoms with Crippen LogP contribution in [-0.2, 0) is 0 Å². The second-order valence-corrected chi connectivity index (χ2v) is 6.41. The second kappa shape index (κ2) is 6.90. The monoisotopic (exact) mass is 362 g/mol. The maximum atomic E-state index is 9.57. The lowest BCUT2D eigenvalue weighted by atomic mass is 10.1. The summed E-state index contributed by atoms with van der Waals surface area (Å²) in [7, 11) is 1.63. The molecular formula is C20H14N2O3S. The average molecular weight is 362 g/mol. The van der Waals surface area contributed by atoms with Crippen molar-refractivity contribution >= 4 is 23.0 Å². The molecule has 2 heterocycles. The van der Waals surface area contributed by atoms with Crippen LogP contribution in [0.2, 0.25) is 0 Å². The van der Waals surface area contributed by atoms with Crippen LogP contribution in [0.1, 0.15) is 10.6 Å². The van der Waals surface area contributed by atoms with Crippen LogP contribution in [0.15, 0.2) is 47.8 Å². The highest BCUT2D eigenvalue weighted by Gasteiger charge is 2.14. The van der Waals surface area contributed by atoms with Crippen molar-refractivity contribution in [1.29, 1.82) is 5.26 Å². The molecule has 1 aliphatic rings. The number of methoxy groups -OCH3 is 1. The smallest absolute Gasteiger partial charge is 0.231 e. The minimum absolute atomic E-state index is 0.226. The lowest BCUT2D eigenvalue weighted by molar-refractivity contribution is 0.174. The van der Waals surface area contributed by atoms with Gasteiger partial charge in [0, 0.05) is 10.9 Å². The molecule has 0 N–H and O–H groups in total. The third-order valence-electron chi connectivity index (χ3n) is 3.93. The van der Waals surface area contributed by atoms with Crippen LogP contribution in [0.3, 0.4) is 0 Å². The molecule has 0 saturated carbocycles. The van der Waals surface area contributed by atoms with Gasteiger partial charge in [-0.1, -0.05) is 18.2 Å². The van der Waals surface area contributed by atoms with E-state index in [-0.39, 0.29) is 6.79 Å². The number of ether oxygens (including phenoxy) is 3. The maximum absolute atomic E-state index is 9.57. The van der Waals surface area contributed by atoms with E-state index in [2.05, 4.69) is 11.1 Å². The molecule has 0 bridgehead atoms. The van der Waals surface area contributed by atoms with Crippen LogP contribution >= 0.6 is 11.3 Å². The summed E-state index contributed by atoms with van der Waals surface area (Å²) in [5.74, 6) is 2.18. The van der Waals surface area contributed by atoms with E-state index >= 15 is 0 Å². The van der Waals surface area contributed by atoms with E-state index in [0.29, 0.717) is 16.3 Å². The Kier molecular flexibility index (Phi) is 4.30. The molecule has 2 aromatic carbocycles. The number of nitrogens with zero attached hydrogens (tertiary/aromatic N) is 2. The van der Waals surface area contributed by atoms with Crippen LogP contribution in [0, 0.1) is 11.3 Å². The number of fused-ring (bicyclic) bond motifs is 1. The molecule has 0 spiro atoms. The molecule has 6 heteroatoms. The van der Waals surface area contributed by atoms with Crippen molar-refractivity contribution in [2.45, 2.75) is 0 Å². The van der Waals surface area contributed by atoms with Gasteiger partial charge in [-0.2, -0.15) is 5.26 Å². The molecule has 0 fully saturated rings. The molecule has 5 nitrogen and oxygen atoms in total. The predicted molar refractivity (Wildman–Crippen MR) is 100 cm³/mol. The van der Waals surface area contributed by atoms with Crippen molar-refractivity contribution in [3.8, 4) is 34.6 Å². The Bertz CT molecular complexity index is 1030. The molecule has 0 radical (unpaired) electrons. The van der Waals surface area contributed by atoms with Gasteiger partial charge in [0.25, 0.3) is 0 Å². The van der Waals surface area contributed by atoms with E-state index in [1.165, 1.54) is 11.3 Å². The second-order valence-electron chi connectivity index (χ2n) is 5.55. The van der Waals surface area contributed by atoms with Gasteiger partial charge in [0.15, 0.2) is 11.5 Å². The highest BCUT2D eigenvalue weighted by Crippen LogP contribution is 2.34. The Balaban J connectivity index is 1.65. The highest BCUT2D eigenvalue weighted by molar-refractivity contribution is 7.11. The number of thiazole rings is 1. The summed E-state index contributed by atoms with van der Waals surface area (Å²) in [5.41, 5.74) is 3.13. The van der Waals surface area contributed by atoms with Gasteiger partial charge in [-0.3, -0.25) is 0 Å². The Morgan fingerprint density at radius 2 is 2.12 bits per heavy atom. The Morgan fingerprint density at radius 1 is 1.23 bits per heavy atom. The first-order valence-electron chi connectivity index (χ1n) is 7.88. The molecule has 1 aromatic heterocycles. The Hall–Kier alpha value is -3.30. The molecule has 128 valence electrons. The summed E-state index contributed by atoms with van der Waals surface area (Å²) < 4.78 is 16.0. The summed E-state index contributed by atoms with van der Waals surface area (Å²) in [6, 6.07) is 15.5. The molecule has 1 aliphatic heterocycles. The standard InChI is InChI=1S/C20H14N2O3S/c1-23-16-4-2-3-14(9-16)17-11-26-20(22-17)15(10-21)7-13-5-6-18-19(8-13)25-12-24-18/h2-9,11H,12H2,1H3/b15-7+. The summed E-state index contributed by atoms with van der Waals surface area (Å²) >= 11 is 1.44. The van der Waals surface area contributed by atoms with Crippen LogP contribution in [0.25, 0.3) is 22.9 Å². The van der Waals surface area contributed by atoms with Crippen LogP contribution in [0.4, 0.5) is 0 Å².